The van der Waals surface area contributed by atoms with E-state index in [1.165, 1.54) is 0 Å². The van der Waals surface area contributed by atoms with Crippen molar-refractivity contribution in [3.05, 3.63) is 71.2 Å². The molecule has 0 aliphatic carbocycles. The summed E-state index contributed by atoms with van der Waals surface area (Å²) in [7, 11) is -3.88. The predicted molar refractivity (Wildman–Crippen MR) is 122 cm³/mol. The number of halogens is 1. The highest BCUT2D eigenvalue weighted by molar-refractivity contribution is 9.10. The van der Waals surface area contributed by atoms with Crippen LogP contribution in [0.1, 0.15) is 0 Å². The molecule has 0 atom stereocenters. The van der Waals surface area contributed by atoms with E-state index in [-0.39, 0.29) is 21.7 Å². The molecular formula is C23H19BrN2O4S. The maximum absolute atomic E-state index is 13.5. The van der Waals surface area contributed by atoms with E-state index in [9.17, 15) is 8.42 Å². The number of morpholine rings is 1. The van der Waals surface area contributed by atoms with E-state index in [0.717, 1.165) is 20.8 Å². The van der Waals surface area contributed by atoms with Gasteiger partial charge in [-0.15, -0.1) is 0 Å². The molecule has 158 valence electrons. The largest absolute Gasteiger partial charge is 0.419 e. The monoisotopic (exact) mass is 498 g/mol. The van der Waals surface area contributed by atoms with Crippen LogP contribution in [0, 0.1) is 0 Å². The van der Waals surface area contributed by atoms with Gasteiger partial charge in [-0.1, -0.05) is 52.3 Å². The minimum atomic E-state index is -3.88. The van der Waals surface area contributed by atoms with Crippen LogP contribution >= 0.6 is 15.9 Å². The first-order valence-electron chi connectivity index (χ1n) is 9.86. The molecule has 1 fully saturated rings. The Bertz CT molecular complexity index is 1340. The highest BCUT2D eigenvalue weighted by atomic mass is 79.9. The van der Waals surface area contributed by atoms with Crippen LogP contribution in [0.2, 0.25) is 0 Å². The fourth-order valence-corrected chi connectivity index (χ4v) is 5.28. The Balaban J connectivity index is 1.70. The summed E-state index contributed by atoms with van der Waals surface area (Å²) in [6.45, 7) is 2.07. The van der Waals surface area contributed by atoms with Crippen molar-refractivity contribution in [2.24, 2.45) is 0 Å². The second-order valence-corrected chi connectivity index (χ2v) is 9.99. The Hall–Kier alpha value is -2.68. The summed E-state index contributed by atoms with van der Waals surface area (Å²) < 4.78 is 39.4. The Kier molecular flexibility index (Phi) is 5.29. The lowest BCUT2D eigenvalue weighted by Gasteiger charge is -2.26. The quantitative estimate of drug-likeness (QED) is 0.397. The fraction of sp³-hybridized carbons (Fsp3) is 0.174. The molecule has 1 saturated heterocycles. The Morgan fingerprint density at radius 1 is 0.903 bits per heavy atom. The number of hydrogen-bond acceptors (Lipinski definition) is 6. The number of hydrogen-bond donors (Lipinski definition) is 0. The second kappa shape index (κ2) is 8.11. The standard InChI is InChI=1S/C23H19BrN2O4S/c24-17-8-10-18(11-9-17)31(27,28)22-23(26-12-14-29-15-13-26)30-21(25-22)20-7-3-5-16-4-1-2-6-19(16)20/h1-11H,12-15H2. The number of oxazole rings is 1. The minimum Gasteiger partial charge on any atom is -0.419 e. The van der Waals surface area contributed by atoms with Crippen molar-refractivity contribution in [2.45, 2.75) is 9.92 Å². The summed E-state index contributed by atoms with van der Waals surface area (Å²) in [4.78, 5) is 6.58. The van der Waals surface area contributed by atoms with Gasteiger partial charge in [0.25, 0.3) is 0 Å². The van der Waals surface area contributed by atoms with Crippen molar-refractivity contribution in [3.8, 4) is 11.5 Å². The van der Waals surface area contributed by atoms with Gasteiger partial charge in [-0.2, -0.15) is 4.98 Å². The Labute approximate surface area is 188 Å². The van der Waals surface area contributed by atoms with Gasteiger partial charge < -0.3 is 14.1 Å². The number of aromatic nitrogens is 1. The molecule has 6 nitrogen and oxygen atoms in total. The van der Waals surface area contributed by atoms with Gasteiger partial charge in [0.05, 0.1) is 18.1 Å². The zero-order valence-electron chi connectivity index (χ0n) is 16.5. The molecule has 0 radical (unpaired) electrons. The van der Waals surface area contributed by atoms with Crippen molar-refractivity contribution in [1.82, 2.24) is 4.98 Å². The van der Waals surface area contributed by atoms with Crippen LogP contribution in [-0.4, -0.2) is 39.7 Å². The molecule has 8 heteroatoms. The van der Waals surface area contributed by atoms with E-state index in [1.54, 1.807) is 24.3 Å². The Morgan fingerprint density at radius 2 is 1.61 bits per heavy atom. The van der Waals surface area contributed by atoms with Crippen LogP contribution in [0.4, 0.5) is 5.88 Å². The molecule has 2 heterocycles. The third-order valence-electron chi connectivity index (χ3n) is 5.28. The molecule has 31 heavy (non-hydrogen) atoms. The lowest BCUT2D eigenvalue weighted by atomic mass is 10.0. The molecule has 0 bridgehead atoms. The first-order chi connectivity index (χ1) is 15.0. The topological polar surface area (TPSA) is 72.6 Å². The second-order valence-electron chi connectivity index (χ2n) is 7.21. The lowest BCUT2D eigenvalue weighted by molar-refractivity contribution is 0.120. The van der Waals surface area contributed by atoms with Crippen LogP contribution in [-0.2, 0) is 14.6 Å². The highest BCUT2D eigenvalue weighted by Crippen LogP contribution is 2.37. The molecule has 5 rings (SSSR count). The molecule has 1 aliphatic rings. The summed E-state index contributed by atoms with van der Waals surface area (Å²) in [6, 6.07) is 20.2. The normalized spacial score (nSPS) is 14.8. The maximum Gasteiger partial charge on any atom is 0.236 e. The molecule has 4 aromatic rings. The summed E-state index contributed by atoms with van der Waals surface area (Å²) in [5.74, 6) is 0.545. The van der Waals surface area contributed by atoms with Gasteiger partial charge >= 0.3 is 0 Å². The van der Waals surface area contributed by atoms with Crippen LogP contribution in [0.3, 0.4) is 0 Å². The van der Waals surface area contributed by atoms with Gasteiger partial charge in [0.1, 0.15) is 0 Å². The number of benzene rings is 3. The van der Waals surface area contributed by atoms with Crippen molar-refractivity contribution in [1.29, 1.82) is 0 Å². The third-order valence-corrected chi connectivity index (χ3v) is 7.47. The summed E-state index contributed by atoms with van der Waals surface area (Å²) in [6.07, 6.45) is 0. The van der Waals surface area contributed by atoms with Crippen LogP contribution in [0.25, 0.3) is 22.2 Å². The molecule has 0 unspecified atom stereocenters. The zero-order valence-corrected chi connectivity index (χ0v) is 18.9. The van der Waals surface area contributed by atoms with Crippen LogP contribution in [0.15, 0.2) is 85.5 Å². The van der Waals surface area contributed by atoms with Crippen molar-refractivity contribution in [2.75, 3.05) is 31.2 Å². The molecule has 0 N–H and O–H groups in total. The van der Waals surface area contributed by atoms with E-state index in [1.807, 2.05) is 47.4 Å². The molecule has 1 aliphatic heterocycles. The average molecular weight is 499 g/mol. The molecular weight excluding hydrogens is 480 g/mol. The molecule has 0 saturated carbocycles. The number of rotatable bonds is 4. The molecule has 3 aromatic carbocycles. The molecule has 0 amide bonds. The van der Waals surface area contributed by atoms with E-state index in [4.69, 9.17) is 9.15 Å². The van der Waals surface area contributed by atoms with Gasteiger partial charge in [0.15, 0.2) is 0 Å². The maximum atomic E-state index is 13.5. The first-order valence-corrected chi connectivity index (χ1v) is 12.1. The number of nitrogens with zero attached hydrogens (tertiary/aromatic N) is 2. The molecule has 1 aromatic heterocycles. The Morgan fingerprint density at radius 3 is 2.39 bits per heavy atom. The van der Waals surface area contributed by atoms with Gasteiger partial charge in [-0.25, -0.2) is 8.42 Å². The zero-order chi connectivity index (χ0) is 21.4. The third kappa shape index (κ3) is 3.75. The van der Waals surface area contributed by atoms with E-state index in [2.05, 4.69) is 20.9 Å². The van der Waals surface area contributed by atoms with E-state index >= 15 is 0 Å². The number of ether oxygens (including phenoxy) is 1. The summed E-state index contributed by atoms with van der Waals surface area (Å²) >= 11 is 3.35. The average Bonchev–Trinajstić information content (AvgIpc) is 3.26. The van der Waals surface area contributed by atoms with Gasteiger partial charge in [0.2, 0.25) is 26.6 Å². The number of sulfone groups is 1. The first kappa shape index (κ1) is 20.2. The fourth-order valence-electron chi connectivity index (χ4n) is 3.69. The van der Waals surface area contributed by atoms with Gasteiger partial charge in [-0.05, 0) is 41.1 Å². The van der Waals surface area contributed by atoms with Crippen molar-refractivity contribution < 1.29 is 17.6 Å². The van der Waals surface area contributed by atoms with Crippen LogP contribution in [0.5, 0.6) is 0 Å². The lowest BCUT2D eigenvalue weighted by Crippen LogP contribution is -2.36. The summed E-state index contributed by atoms with van der Waals surface area (Å²) in [5.41, 5.74) is 0.755. The van der Waals surface area contributed by atoms with E-state index in [0.29, 0.717) is 26.3 Å². The molecule has 0 spiro atoms. The SMILES string of the molecule is O=S(=O)(c1ccc(Br)cc1)c1nc(-c2cccc3ccccc23)oc1N1CCOCC1. The van der Waals surface area contributed by atoms with E-state index < -0.39 is 9.84 Å². The van der Waals surface area contributed by atoms with Gasteiger partial charge in [0, 0.05) is 23.1 Å². The van der Waals surface area contributed by atoms with Gasteiger partial charge in [-0.3, -0.25) is 0 Å². The van der Waals surface area contributed by atoms with Crippen molar-refractivity contribution in [3.63, 3.8) is 0 Å². The highest BCUT2D eigenvalue weighted by Gasteiger charge is 2.32. The predicted octanol–water partition coefficient (Wildman–Crippen LogP) is 4.93. The number of anilines is 1. The van der Waals surface area contributed by atoms with Crippen LogP contribution < -0.4 is 4.90 Å². The van der Waals surface area contributed by atoms with Crippen molar-refractivity contribution >= 4 is 42.4 Å². The smallest absolute Gasteiger partial charge is 0.236 e. The minimum absolute atomic E-state index is 0.0698. The summed E-state index contributed by atoms with van der Waals surface area (Å²) in [5, 5.41) is 1.91. The number of fused-ring (bicyclic) bond motifs is 1.